The molecule has 0 aliphatic carbocycles. The van der Waals surface area contributed by atoms with Gasteiger partial charge in [-0.2, -0.15) is 0 Å². The van der Waals surface area contributed by atoms with Crippen LogP contribution in [0.2, 0.25) is 5.02 Å². The Hall–Kier alpha value is -1.65. The fourth-order valence-corrected chi connectivity index (χ4v) is 2.05. The Morgan fingerprint density at radius 1 is 1.16 bits per heavy atom. The highest BCUT2D eigenvalue weighted by Crippen LogP contribution is 2.16. The van der Waals surface area contributed by atoms with Gasteiger partial charge in [0.15, 0.2) is 5.11 Å². The summed E-state index contributed by atoms with van der Waals surface area (Å²) in [5.74, 6) is 0. The van der Waals surface area contributed by atoms with E-state index in [2.05, 4.69) is 15.6 Å². The first-order valence-corrected chi connectivity index (χ1v) is 6.67. The smallest absolute Gasteiger partial charge is 0.171 e. The van der Waals surface area contributed by atoms with Crippen molar-refractivity contribution in [2.75, 3.05) is 5.32 Å². The van der Waals surface area contributed by atoms with Crippen molar-refractivity contribution >= 4 is 34.6 Å². The zero-order valence-electron chi connectivity index (χ0n) is 10.4. The first-order valence-electron chi connectivity index (χ1n) is 5.88. The summed E-state index contributed by atoms with van der Waals surface area (Å²) < 4.78 is 0. The third-order valence-electron chi connectivity index (χ3n) is 2.66. The molecule has 19 heavy (non-hydrogen) atoms. The highest BCUT2D eigenvalue weighted by molar-refractivity contribution is 7.80. The van der Waals surface area contributed by atoms with Crippen molar-refractivity contribution in [1.29, 1.82) is 0 Å². The highest BCUT2D eigenvalue weighted by Gasteiger charge is 2.06. The number of aromatic nitrogens is 1. The van der Waals surface area contributed by atoms with E-state index in [4.69, 9.17) is 23.8 Å². The van der Waals surface area contributed by atoms with E-state index in [0.717, 1.165) is 16.3 Å². The van der Waals surface area contributed by atoms with Gasteiger partial charge in [0.1, 0.15) is 0 Å². The second-order valence-corrected chi connectivity index (χ2v) is 4.95. The molecule has 1 heterocycles. The maximum Gasteiger partial charge on any atom is 0.171 e. The molecule has 0 saturated heterocycles. The number of hydrogen-bond donors (Lipinski definition) is 2. The topological polar surface area (TPSA) is 37.0 Å². The number of hydrogen-bond acceptors (Lipinski definition) is 2. The van der Waals surface area contributed by atoms with Crippen LogP contribution in [0.4, 0.5) is 5.69 Å². The molecule has 2 aromatic rings. The van der Waals surface area contributed by atoms with Gasteiger partial charge in [-0.15, -0.1) is 0 Å². The minimum atomic E-state index is 0.110. The van der Waals surface area contributed by atoms with E-state index < -0.39 is 0 Å². The number of nitrogens with zero attached hydrogens (tertiary/aromatic N) is 1. The van der Waals surface area contributed by atoms with Crippen molar-refractivity contribution < 1.29 is 0 Å². The summed E-state index contributed by atoms with van der Waals surface area (Å²) in [5.41, 5.74) is 2.04. The molecule has 2 N–H and O–H groups in total. The van der Waals surface area contributed by atoms with Gasteiger partial charge < -0.3 is 10.6 Å². The van der Waals surface area contributed by atoms with Gasteiger partial charge in [-0.1, -0.05) is 23.7 Å². The second-order valence-electron chi connectivity index (χ2n) is 4.11. The molecule has 0 saturated carbocycles. The fourth-order valence-electron chi connectivity index (χ4n) is 1.63. The lowest BCUT2D eigenvalue weighted by Crippen LogP contribution is -2.30. The van der Waals surface area contributed by atoms with Crippen molar-refractivity contribution in [2.45, 2.75) is 13.0 Å². The van der Waals surface area contributed by atoms with Crippen LogP contribution in [0.3, 0.4) is 0 Å². The Bertz CT molecular complexity index is 542. The summed E-state index contributed by atoms with van der Waals surface area (Å²) in [5, 5.41) is 7.64. The van der Waals surface area contributed by atoms with Gasteiger partial charge in [0.2, 0.25) is 0 Å². The average Bonchev–Trinajstić information content (AvgIpc) is 2.40. The van der Waals surface area contributed by atoms with Crippen LogP contribution in [0.5, 0.6) is 0 Å². The minimum Gasteiger partial charge on any atom is -0.356 e. The van der Waals surface area contributed by atoms with Crippen LogP contribution in [0.1, 0.15) is 18.5 Å². The minimum absolute atomic E-state index is 0.110. The van der Waals surface area contributed by atoms with E-state index in [9.17, 15) is 0 Å². The largest absolute Gasteiger partial charge is 0.356 e. The Kier molecular flexibility index (Phi) is 4.71. The van der Waals surface area contributed by atoms with Crippen molar-refractivity contribution in [1.82, 2.24) is 10.3 Å². The van der Waals surface area contributed by atoms with Gasteiger partial charge in [-0.25, -0.2) is 0 Å². The summed E-state index contributed by atoms with van der Waals surface area (Å²) in [7, 11) is 0. The lowest BCUT2D eigenvalue weighted by molar-refractivity contribution is 0.722. The molecule has 5 heteroatoms. The van der Waals surface area contributed by atoms with E-state index >= 15 is 0 Å². The Balaban J connectivity index is 1.93. The Morgan fingerprint density at radius 2 is 1.79 bits per heavy atom. The van der Waals surface area contributed by atoms with Gasteiger partial charge in [0.05, 0.1) is 6.04 Å². The van der Waals surface area contributed by atoms with Crippen LogP contribution >= 0.6 is 23.8 Å². The van der Waals surface area contributed by atoms with E-state index in [1.807, 2.05) is 43.3 Å². The summed E-state index contributed by atoms with van der Waals surface area (Å²) >= 11 is 11.1. The first-order chi connectivity index (χ1) is 9.15. The zero-order valence-corrected chi connectivity index (χ0v) is 12.0. The van der Waals surface area contributed by atoms with Crippen LogP contribution in [0, 0.1) is 0 Å². The Morgan fingerprint density at radius 3 is 2.42 bits per heavy atom. The van der Waals surface area contributed by atoms with Crippen LogP contribution in [0.15, 0.2) is 48.8 Å². The number of rotatable bonds is 3. The molecule has 0 aliphatic heterocycles. The molecule has 1 atom stereocenters. The van der Waals surface area contributed by atoms with E-state index in [1.54, 1.807) is 12.4 Å². The molecule has 2 rings (SSSR count). The van der Waals surface area contributed by atoms with E-state index in [1.165, 1.54) is 0 Å². The average molecular weight is 292 g/mol. The molecule has 0 bridgehead atoms. The summed E-state index contributed by atoms with van der Waals surface area (Å²) in [6.45, 7) is 2.05. The molecule has 0 aliphatic rings. The SMILES string of the molecule is CC(NC(=S)Nc1ccncc1)c1ccc(Cl)cc1. The monoisotopic (exact) mass is 291 g/mol. The van der Waals surface area contributed by atoms with Gasteiger partial charge in [0.25, 0.3) is 0 Å². The van der Waals surface area contributed by atoms with Gasteiger partial charge in [0, 0.05) is 23.1 Å². The number of thiocarbonyl (C=S) groups is 1. The standard InChI is InChI=1S/C14H14ClN3S/c1-10(11-2-4-12(15)5-3-11)17-14(19)18-13-6-8-16-9-7-13/h2-10H,1H3,(H2,16,17,18,19). The summed E-state index contributed by atoms with van der Waals surface area (Å²) in [6, 6.07) is 11.5. The van der Waals surface area contributed by atoms with Crippen molar-refractivity contribution in [3.63, 3.8) is 0 Å². The molecule has 1 aromatic carbocycles. The molecule has 0 radical (unpaired) electrons. The number of halogens is 1. The molecule has 1 unspecified atom stereocenters. The Labute approximate surface area is 123 Å². The molecule has 0 spiro atoms. The van der Waals surface area contributed by atoms with Crippen LogP contribution in [0.25, 0.3) is 0 Å². The van der Waals surface area contributed by atoms with Gasteiger partial charge in [-0.3, -0.25) is 4.98 Å². The third kappa shape index (κ3) is 4.19. The van der Waals surface area contributed by atoms with Crippen molar-refractivity contribution in [2.24, 2.45) is 0 Å². The predicted octanol–water partition coefficient (Wildman–Crippen LogP) is 3.78. The number of anilines is 1. The molecule has 1 aromatic heterocycles. The quantitative estimate of drug-likeness (QED) is 0.844. The fraction of sp³-hybridized carbons (Fsp3) is 0.143. The van der Waals surface area contributed by atoms with Crippen molar-refractivity contribution in [3.8, 4) is 0 Å². The predicted molar refractivity (Wildman–Crippen MR) is 83.5 cm³/mol. The maximum atomic E-state index is 5.86. The summed E-state index contributed by atoms with van der Waals surface area (Å²) in [6.07, 6.45) is 3.43. The van der Waals surface area contributed by atoms with Crippen molar-refractivity contribution in [3.05, 3.63) is 59.4 Å². The molecule has 0 amide bonds. The third-order valence-corrected chi connectivity index (χ3v) is 3.13. The van der Waals surface area contributed by atoms with Crippen LogP contribution in [-0.2, 0) is 0 Å². The lowest BCUT2D eigenvalue weighted by atomic mass is 10.1. The first kappa shape index (κ1) is 13.8. The zero-order chi connectivity index (χ0) is 13.7. The second kappa shape index (κ2) is 6.50. The van der Waals surface area contributed by atoms with Crippen LogP contribution in [-0.4, -0.2) is 10.1 Å². The van der Waals surface area contributed by atoms with E-state index in [0.29, 0.717) is 5.11 Å². The maximum absolute atomic E-state index is 5.86. The highest BCUT2D eigenvalue weighted by atomic mass is 35.5. The number of pyridine rings is 1. The summed E-state index contributed by atoms with van der Waals surface area (Å²) in [4.78, 5) is 3.95. The van der Waals surface area contributed by atoms with Gasteiger partial charge in [-0.05, 0) is 49.0 Å². The molecular weight excluding hydrogens is 278 g/mol. The van der Waals surface area contributed by atoms with E-state index in [-0.39, 0.29) is 6.04 Å². The molecule has 3 nitrogen and oxygen atoms in total. The lowest BCUT2D eigenvalue weighted by Gasteiger charge is -2.17. The van der Waals surface area contributed by atoms with Crippen LogP contribution < -0.4 is 10.6 Å². The number of nitrogens with one attached hydrogen (secondary N) is 2. The van der Waals surface area contributed by atoms with Gasteiger partial charge >= 0.3 is 0 Å². The molecular formula is C14H14ClN3S. The molecule has 98 valence electrons. The molecule has 0 fully saturated rings. The number of benzene rings is 1. The normalized spacial score (nSPS) is 11.7.